The van der Waals surface area contributed by atoms with Crippen molar-refractivity contribution in [3.05, 3.63) is 6.92 Å². The highest BCUT2D eigenvalue weighted by Crippen LogP contribution is 2.04. The van der Waals surface area contributed by atoms with Crippen LogP contribution in [0.4, 0.5) is 0 Å². The Hall–Kier alpha value is -0.0800. The van der Waals surface area contributed by atoms with Crippen molar-refractivity contribution in [1.29, 1.82) is 0 Å². The van der Waals surface area contributed by atoms with E-state index in [-0.39, 0.29) is 0 Å². The molecule has 1 atom stereocenters. The van der Waals surface area contributed by atoms with Crippen molar-refractivity contribution in [1.82, 2.24) is 0 Å². The molecular formula is C9H19O2. The first-order valence-electron chi connectivity index (χ1n) is 4.24. The van der Waals surface area contributed by atoms with E-state index < -0.39 is 0 Å². The minimum Gasteiger partial charge on any atom is -0.382 e. The number of hydrogen-bond donors (Lipinski definition) is 0. The van der Waals surface area contributed by atoms with Crippen LogP contribution >= 0.6 is 0 Å². The molecule has 0 aliphatic carbocycles. The third kappa shape index (κ3) is 6.32. The second kappa shape index (κ2) is 8.02. The van der Waals surface area contributed by atoms with Gasteiger partial charge in [0.15, 0.2) is 0 Å². The Morgan fingerprint density at radius 3 is 2.64 bits per heavy atom. The van der Waals surface area contributed by atoms with E-state index in [2.05, 4.69) is 6.92 Å². The van der Waals surface area contributed by atoms with Crippen molar-refractivity contribution < 1.29 is 9.47 Å². The second-order valence-corrected chi connectivity index (χ2v) is 2.49. The van der Waals surface area contributed by atoms with Gasteiger partial charge in [-0.3, -0.25) is 0 Å². The average molecular weight is 159 g/mol. The fourth-order valence-corrected chi connectivity index (χ4v) is 0.937. The largest absolute Gasteiger partial charge is 0.382 e. The molecule has 11 heavy (non-hydrogen) atoms. The van der Waals surface area contributed by atoms with Crippen LogP contribution in [0.1, 0.15) is 26.2 Å². The van der Waals surface area contributed by atoms with Gasteiger partial charge in [-0.1, -0.05) is 6.92 Å². The molecule has 0 fully saturated rings. The summed E-state index contributed by atoms with van der Waals surface area (Å²) >= 11 is 0. The predicted molar refractivity (Wildman–Crippen MR) is 46.5 cm³/mol. The second-order valence-electron chi connectivity index (χ2n) is 2.49. The molecule has 0 aliphatic rings. The van der Waals surface area contributed by atoms with E-state index in [4.69, 9.17) is 9.47 Å². The first-order valence-corrected chi connectivity index (χ1v) is 4.24. The monoisotopic (exact) mass is 159 g/mol. The van der Waals surface area contributed by atoms with Crippen LogP contribution in [0.5, 0.6) is 0 Å². The van der Waals surface area contributed by atoms with Gasteiger partial charge < -0.3 is 9.47 Å². The van der Waals surface area contributed by atoms with Crippen molar-refractivity contribution in [2.24, 2.45) is 0 Å². The molecular weight excluding hydrogens is 140 g/mol. The van der Waals surface area contributed by atoms with Gasteiger partial charge in [0.25, 0.3) is 0 Å². The lowest BCUT2D eigenvalue weighted by molar-refractivity contribution is 0.0787. The molecule has 0 N–H and O–H groups in total. The standard InChI is InChI=1S/C9H19O2/c1-4-9(10-3)7-6-8-11-5-2/h9H,1,4-8H2,2-3H3. The molecule has 0 aromatic carbocycles. The summed E-state index contributed by atoms with van der Waals surface area (Å²) in [6, 6.07) is 0. The fourth-order valence-electron chi connectivity index (χ4n) is 0.937. The van der Waals surface area contributed by atoms with E-state index in [1.54, 1.807) is 7.11 Å². The minimum atomic E-state index is 0.315. The Labute approximate surface area is 69.9 Å². The molecule has 2 heteroatoms. The van der Waals surface area contributed by atoms with Gasteiger partial charge in [-0.15, -0.1) is 0 Å². The molecule has 0 bridgehead atoms. The summed E-state index contributed by atoms with van der Waals surface area (Å²) in [5, 5.41) is 0. The molecule has 0 amide bonds. The summed E-state index contributed by atoms with van der Waals surface area (Å²) in [7, 11) is 1.73. The van der Waals surface area contributed by atoms with Gasteiger partial charge in [-0.2, -0.15) is 0 Å². The quantitative estimate of drug-likeness (QED) is 0.529. The summed E-state index contributed by atoms with van der Waals surface area (Å²) in [6.45, 7) is 7.45. The third-order valence-corrected chi connectivity index (χ3v) is 1.67. The summed E-state index contributed by atoms with van der Waals surface area (Å²) < 4.78 is 10.4. The van der Waals surface area contributed by atoms with Crippen LogP contribution in [0.25, 0.3) is 0 Å². The van der Waals surface area contributed by atoms with Gasteiger partial charge in [0.2, 0.25) is 0 Å². The van der Waals surface area contributed by atoms with Gasteiger partial charge in [-0.25, -0.2) is 0 Å². The Kier molecular flexibility index (Phi) is 7.96. The van der Waals surface area contributed by atoms with Crippen molar-refractivity contribution in [2.75, 3.05) is 20.3 Å². The Morgan fingerprint density at radius 2 is 2.18 bits per heavy atom. The molecule has 1 radical (unpaired) electrons. The first kappa shape index (κ1) is 10.9. The molecule has 0 saturated heterocycles. The maximum atomic E-state index is 5.20. The topological polar surface area (TPSA) is 18.5 Å². The van der Waals surface area contributed by atoms with E-state index in [1.165, 1.54) is 0 Å². The summed E-state index contributed by atoms with van der Waals surface area (Å²) in [4.78, 5) is 0. The molecule has 1 unspecified atom stereocenters. The smallest absolute Gasteiger partial charge is 0.0572 e. The lowest BCUT2D eigenvalue weighted by Crippen LogP contribution is -2.10. The highest BCUT2D eigenvalue weighted by atomic mass is 16.5. The number of rotatable bonds is 7. The lowest BCUT2D eigenvalue weighted by atomic mass is 10.1. The highest BCUT2D eigenvalue weighted by Gasteiger charge is 2.02. The van der Waals surface area contributed by atoms with Crippen LogP contribution in [0.2, 0.25) is 0 Å². The first-order chi connectivity index (χ1) is 5.35. The van der Waals surface area contributed by atoms with Crippen LogP contribution in [0.3, 0.4) is 0 Å². The predicted octanol–water partition coefficient (Wildman–Crippen LogP) is 2.04. The zero-order valence-corrected chi connectivity index (χ0v) is 7.64. The van der Waals surface area contributed by atoms with Crippen molar-refractivity contribution >= 4 is 0 Å². The number of ether oxygens (including phenoxy) is 2. The zero-order valence-electron chi connectivity index (χ0n) is 7.64. The summed E-state index contributed by atoms with van der Waals surface area (Å²) in [6.07, 6.45) is 3.29. The number of methoxy groups -OCH3 is 1. The lowest BCUT2D eigenvalue weighted by Gasteiger charge is -2.11. The molecule has 67 valence electrons. The fraction of sp³-hybridized carbons (Fsp3) is 0.889. The Bertz CT molecular complexity index is 70.0. The van der Waals surface area contributed by atoms with Gasteiger partial charge in [-0.05, 0) is 26.2 Å². The van der Waals surface area contributed by atoms with Crippen molar-refractivity contribution in [3.8, 4) is 0 Å². The van der Waals surface area contributed by atoms with E-state index >= 15 is 0 Å². The molecule has 0 rings (SSSR count). The molecule has 2 nitrogen and oxygen atoms in total. The average Bonchev–Trinajstić information content (AvgIpc) is 2.05. The zero-order chi connectivity index (χ0) is 8.53. The Balaban J connectivity index is 3.07. The Morgan fingerprint density at radius 1 is 1.45 bits per heavy atom. The molecule has 0 spiro atoms. The maximum Gasteiger partial charge on any atom is 0.0572 e. The van der Waals surface area contributed by atoms with E-state index in [9.17, 15) is 0 Å². The maximum absolute atomic E-state index is 5.20. The molecule has 0 aromatic heterocycles. The minimum absolute atomic E-state index is 0.315. The summed E-state index contributed by atoms with van der Waals surface area (Å²) in [5.74, 6) is 0. The SMILES string of the molecule is [CH2]CC(CCCOCC)OC. The van der Waals surface area contributed by atoms with Gasteiger partial charge >= 0.3 is 0 Å². The summed E-state index contributed by atoms with van der Waals surface area (Å²) in [5.41, 5.74) is 0. The van der Waals surface area contributed by atoms with Crippen molar-refractivity contribution in [3.63, 3.8) is 0 Å². The number of hydrogen-bond acceptors (Lipinski definition) is 2. The van der Waals surface area contributed by atoms with Crippen LogP contribution in [0.15, 0.2) is 0 Å². The molecule has 0 saturated carbocycles. The van der Waals surface area contributed by atoms with E-state index in [0.717, 1.165) is 32.5 Å². The normalized spacial score (nSPS) is 13.4. The van der Waals surface area contributed by atoms with Crippen LogP contribution in [-0.2, 0) is 9.47 Å². The van der Waals surface area contributed by atoms with Crippen LogP contribution in [-0.4, -0.2) is 26.4 Å². The van der Waals surface area contributed by atoms with Crippen LogP contribution in [0, 0.1) is 6.92 Å². The van der Waals surface area contributed by atoms with Gasteiger partial charge in [0, 0.05) is 20.3 Å². The van der Waals surface area contributed by atoms with Crippen molar-refractivity contribution in [2.45, 2.75) is 32.3 Å². The van der Waals surface area contributed by atoms with E-state index in [1.807, 2.05) is 6.92 Å². The van der Waals surface area contributed by atoms with Gasteiger partial charge in [0.05, 0.1) is 6.10 Å². The highest BCUT2D eigenvalue weighted by molar-refractivity contribution is 4.58. The molecule has 0 aliphatic heterocycles. The molecule has 0 aromatic rings. The van der Waals surface area contributed by atoms with E-state index in [0.29, 0.717) is 6.10 Å². The molecule has 0 heterocycles. The van der Waals surface area contributed by atoms with Gasteiger partial charge in [0.1, 0.15) is 0 Å². The van der Waals surface area contributed by atoms with Crippen LogP contribution < -0.4 is 0 Å². The third-order valence-electron chi connectivity index (χ3n) is 1.67.